The zero-order chi connectivity index (χ0) is 22.3. The summed E-state index contributed by atoms with van der Waals surface area (Å²) in [5.74, 6) is 0.560. The Kier molecular flexibility index (Phi) is 6.33. The number of fused-ring (bicyclic) bond motifs is 1. The summed E-state index contributed by atoms with van der Waals surface area (Å²) in [6.07, 6.45) is 2.17. The van der Waals surface area contributed by atoms with Gasteiger partial charge in [-0.05, 0) is 66.4 Å². The molecule has 8 heteroatoms. The summed E-state index contributed by atoms with van der Waals surface area (Å²) in [6, 6.07) is 3.79. The van der Waals surface area contributed by atoms with Gasteiger partial charge in [0.25, 0.3) is 0 Å². The van der Waals surface area contributed by atoms with Crippen molar-refractivity contribution in [3.05, 3.63) is 23.4 Å². The highest BCUT2D eigenvalue weighted by atomic mass is 32.2. The molecule has 1 unspecified atom stereocenters. The minimum atomic E-state index is -1.24. The molecule has 1 fully saturated rings. The van der Waals surface area contributed by atoms with Crippen LogP contribution in [0.3, 0.4) is 0 Å². The number of carbonyl (C=O) groups excluding carboxylic acids is 1. The Labute approximate surface area is 183 Å². The number of hydrogen-bond donors (Lipinski definition) is 1. The number of hydrogen-bond acceptors (Lipinski definition) is 6. The predicted octanol–water partition coefficient (Wildman–Crippen LogP) is 3.76. The molecule has 0 saturated carbocycles. The monoisotopic (exact) mass is 437 g/mol. The predicted molar refractivity (Wildman–Crippen MR) is 118 cm³/mol. The molecule has 1 aromatic heterocycles. The van der Waals surface area contributed by atoms with Crippen molar-refractivity contribution >= 4 is 17.5 Å². The summed E-state index contributed by atoms with van der Waals surface area (Å²) < 4.78 is 26.9. The van der Waals surface area contributed by atoms with Gasteiger partial charge in [0.05, 0.1) is 12.8 Å². The number of nitrogens with zero attached hydrogens (tertiary/aromatic N) is 2. The molecule has 0 bridgehead atoms. The van der Waals surface area contributed by atoms with E-state index < -0.39 is 17.0 Å². The largest absolute Gasteiger partial charge is 0.598 e. The molecular weight excluding hydrogens is 402 g/mol. The number of ether oxygens (including phenoxy) is 2. The molecule has 2 aliphatic rings. The SMILES string of the molecule is COc1ccc2c(n1)[C@@H](N[S+]([O-])C(C)(C)C)C1(CCN(C(=O)OC(C)(C)C)CC1)C2. The Morgan fingerprint density at radius 3 is 2.40 bits per heavy atom. The van der Waals surface area contributed by atoms with Crippen LogP contribution in [0.1, 0.15) is 71.7 Å². The van der Waals surface area contributed by atoms with Crippen molar-refractivity contribution in [3.8, 4) is 5.88 Å². The zero-order valence-electron chi connectivity index (χ0n) is 19.2. The maximum absolute atomic E-state index is 13.0. The summed E-state index contributed by atoms with van der Waals surface area (Å²) in [4.78, 5) is 19.0. The van der Waals surface area contributed by atoms with Crippen LogP contribution < -0.4 is 9.46 Å². The molecule has 3 rings (SSSR count). The van der Waals surface area contributed by atoms with Crippen LogP contribution in [0.5, 0.6) is 5.88 Å². The van der Waals surface area contributed by atoms with Crippen LogP contribution >= 0.6 is 0 Å². The third-order valence-corrected chi connectivity index (χ3v) is 7.38. The van der Waals surface area contributed by atoms with Gasteiger partial charge in [0.1, 0.15) is 16.4 Å². The van der Waals surface area contributed by atoms with Gasteiger partial charge in [-0.15, -0.1) is 4.72 Å². The van der Waals surface area contributed by atoms with E-state index in [-0.39, 0.29) is 22.3 Å². The number of piperidine rings is 1. The van der Waals surface area contributed by atoms with Crippen molar-refractivity contribution in [2.75, 3.05) is 20.2 Å². The molecule has 2 heterocycles. The molecule has 7 nitrogen and oxygen atoms in total. The summed E-state index contributed by atoms with van der Waals surface area (Å²) in [6.45, 7) is 12.7. The molecule has 1 aliphatic heterocycles. The summed E-state index contributed by atoms with van der Waals surface area (Å²) in [7, 11) is 1.61. The standard InChI is InChI=1S/C22H35N3O4S/c1-20(2,3)29-19(26)25-12-10-22(11-13-25)14-15-8-9-16(28-7)23-17(15)18(22)24-30(27)21(4,5)6/h8-9,18,24H,10-14H2,1-7H3/t18-,30?/m1/s1. The van der Waals surface area contributed by atoms with Crippen LogP contribution in [-0.4, -0.2) is 51.1 Å². The molecule has 0 aromatic carbocycles. The van der Waals surface area contributed by atoms with Crippen LogP contribution in [0.15, 0.2) is 12.1 Å². The van der Waals surface area contributed by atoms with Gasteiger partial charge in [-0.2, -0.15) is 0 Å². The number of methoxy groups -OCH3 is 1. The lowest BCUT2D eigenvalue weighted by Crippen LogP contribution is -2.51. The topological polar surface area (TPSA) is 86.8 Å². The van der Waals surface area contributed by atoms with Gasteiger partial charge < -0.3 is 18.9 Å². The van der Waals surface area contributed by atoms with Gasteiger partial charge >= 0.3 is 6.09 Å². The van der Waals surface area contributed by atoms with Crippen molar-refractivity contribution in [3.63, 3.8) is 0 Å². The van der Waals surface area contributed by atoms with E-state index in [1.807, 2.05) is 47.6 Å². The highest BCUT2D eigenvalue weighted by Crippen LogP contribution is 2.52. The molecule has 2 atom stereocenters. The second-order valence-corrected chi connectivity index (χ2v) is 12.3. The second kappa shape index (κ2) is 8.20. The summed E-state index contributed by atoms with van der Waals surface area (Å²) in [5, 5.41) is 0. The Morgan fingerprint density at radius 2 is 1.87 bits per heavy atom. The maximum Gasteiger partial charge on any atom is 0.410 e. The minimum Gasteiger partial charge on any atom is -0.598 e. The van der Waals surface area contributed by atoms with Gasteiger partial charge in [-0.25, -0.2) is 9.78 Å². The van der Waals surface area contributed by atoms with Crippen LogP contribution in [0.2, 0.25) is 0 Å². The van der Waals surface area contributed by atoms with Gasteiger partial charge in [0, 0.05) is 35.9 Å². The molecule has 1 aromatic rings. The average Bonchev–Trinajstić information content (AvgIpc) is 2.92. The number of aromatic nitrogens is 1. The van der Waals surface area contributed by atoms with E-state index in [0.29, 0.717) is 19.0 Å². The highest BCUT2D eigenvalue weighted by molar-refractivity contribution is 7.90. The molecular formula is C22H35N3O4S. The fourth-order valence-electron chi connectivity index (χ4n) is 4.16. The van der Waals surface area contributed by atoms with Crippen molar-refractivity contribution in [2.24, 2.45) is 5.41 Å². The summed E-state index contributed by atoms with van der Waals surface area (Å²) >= 11 is -1.24. The van der Waals surface area contributed by atoms with Gasteiger partial charge in [0.15, 0.2) is 0 Å². The fourth-order valence-corrected chi connectivity index (χ4v) is 5.09. The fraction of sp³-hybridized carbons (Fsp3) is 0.727. The Balaban J connectivity index is 1.83. The third-order valence-electron chi connectivity index (χ3n) is 5.82. The molecule has 1 aliphatic carbocycles. The number of likely N-dealkylation sites (tertiary alicyclic amines) is 1. The molecule has 1 N–H and O–H groups in total. The smallest absolute Gasteiger partial charge is 0.410 e. The lowest BCUT2D eigenvalue weighted by molar-refractivity contribution is 0.00704. The van der Waals surface area contributed by atoms with Crippen molar-refractivity contribution < 1.29 is 18.8 Å². The van der Waals surface area contributed by atoms with E-state index in [4.69, 9.17) is 14.5 Å². The zero-order valence-corrected chi connectivity index (χ0v) is 20.0. The Hall–Kier alpha value is -1.51. The van der Waals surface area contributed by atoms with Crippen LogP contribution in [0, 0.1) is 5.41 Å². The van der Waals surface area contributed by atoms with Gasteiger partial charge in [-0.3, -0.25) is 0 Å². The van der Waals surface area contributed by atoms with Crippen LogP contribution in [0.4, 0.5) is 4.79 Å². The molecule has 1 amide bonds. The lowest BCUT2D eigenvalue weighted by atomic mass is 9.73. The quantitative estimate of drug-likeness (QED) is 0.725. The van der Waals surface area contributed by atoms with E-state index in [9.17, 15) is 9.35 Å². The first-order valence-electron chi connectivity index (χ1n) is 10.5. The van der Waals surface area contributed by atoms with Crippen molar-refractivity contribution in [1.82, 2.24) is 14.6 Å². The third kappa shape index (κ3) is 4.86. The molecule has 0 radical (unpaired) electrons. The lowest BCUT2D eigenvalue weighted by Gasteiger charge is -2.43. The van der Waals surface area contributed by atoms with E-state index in [2.05, 4.69) is 10.8 Å². The maximum atomic E-state index is 13.0. The van der Waals surface area contributed by atoms with Crippen LogP contribution in [-0.2, 0) is 22.5 Å². The first kappa shape index (κ1) is 23.2. The first-order valence-corrected chi connectivity index (χ1v) is 11.7. The molecule has 1 saturated heterocycles. The molecule has 168 valence electrons. The number of carbonyl (C=O) groups is 1. The normalized spacial score (nSPS) is 22.0. The first-order chi connectivity index (χ1) is 13.8. The van der Waals surface area contributed by atoms with E-state index >= 15 is 0 Å². The van der Waals surface area contributed by atoms with E-state index in [1.165, 1.54) is 0 Å². The van der Waals surface area contributed by atoms with E-state index in [0.717, 1.165) is 30.5 Å². The summed E-state index contributed by atoms with van der Waals surface area (Å²) in [5.41, 5.74) is 1.42. The number of amides is 1. The van der Waals surface area contributed by atoms with Gasteiger partial charge in [-0.1, -0.05) is 6.07 Å². The minimum absolute atomic E-state index is 0.138. The second-order valence-electron chi connectivity index (χ2n) is 10.3. The average molecular weight is 438 g/mol. The number of nitrogens with one attached hydrogen (secondary N) is 1. The van der Waals surface area contributed by atoms with Crippen molar-refractivity contribution in [2.45, 2.75) is 77.2 Å². The Bertz CT molecular complexity index is 780. The van der Waals surface area contributed by atoms with Gasteiger partial charge in [0.2, 0.25) is 5.88 Å². The van der Waals surface area contributed by atoms with Crippen LogP contribution in [0.25, 0.3) is 0 Å². The van der Waals surface area contributed by atoms with E-state index in [1.54, 1.807) is 12.0 Å². The molecule has 30 heavy (non-hydrogen) atoms. The Morgan fingerprint density at radius 1 is 1.23 bits per heavy atom. The number of pyridine rings is 1. The highest BCUT2D eigenvalue weighted by Gasteiger charge is 2.52. The van der Waals surface area contributed by atoms with Crippen molar-refractivity contribution in [1.29, 1.82) is 0 Å². The molecule has 1 spiro atoms. The number of rotatable bonds is 3.